The highest BCUT2D eigenvalue weighted by Crippen LogP contribution is 2.59. The molecule has 0 bridgehead atoms. The molecular formula is C37H31Cl2FN4O9. The third-order valence-electron chi connectivity index (χ3n) is 9.79. The lowest BCUT2D eigenvalue weighted by atomic mass is 9.73. The summed E-state index contributed by atoms with van der Waals surface area (Å²) in [5.74, 6) is -4.62. The van der Waals surface area contributed by atoms with E-state index in [-0.39, 0.29) is 44.5 Å². The average Bonchev–Trinajstić information content (AvgIpc) is 3.55. The number of carbonyl (C=O) groups is 3. The van der Waals surface area contributed by atoms with Crippen molar-refractivity contribution in [2.24, 2.45) is 0 Å². The van der Waals surface area contributed by atoms with Gasteiger partial charge in [0.15, 0.2) is 5.78 Å². The Labute approximate surface area is 311 Å². The topological polar surface area (TPSA) is 171 Å². The number of ether oxygens (including phenoxy) is 2. The van der Waals surface area contributed by atoms with Gasteiger partial charge in [-0.3, -0.25) is 34.7 Å². The van der Waals surface area contributed by atoms with Gasteiger partial charge in [-0.05, 0) is 61.4 Å². The number of Topliss-reactive ketones (excluding diaryl/α,β-unsaturated/α-hetero) is 1. The zero-order valence-electron chi connectivity index (χ0n) is 28.4. The molecular weight excluding hydrogens is 734 g/mol. The summed E-state index contributed by atoms with van der Waals surface area (Å²) in [7, 11) is 1.10. The number of esters is 1. The van der Waals surface area contributed by atoms with Crippen LogP contribution in [0.15, 0.2) is 72.8 Å². The number of hydrogen-bond acceptors (Lipinski definition) is 10. The second-order valence-corrected chi connectivity index (χ2v) is 13.5. The Morgan fingerprint density at radius 1 is 1.02 bits per heavy atom. The maximum Gasteiger partial charge on any atom is 0.338 e. The molecule has 2 aliphatic rings. The van der Waals surface area contributed by atoms with Crippen molar-refractivity contribution >= 4 is 52.2 Å². The molecule has 6 rings (SSSR count). The van der Waals surface area contributed by atoms with Crippen molar-refractivity contribution in [1.29, 1.82) is 0 Å². The molecule has 1 spiro atoms. The number of ketones is 1. The largest absolute Gasteiger partial charge is 0.494 e. The van der Waals surface area contributed by atoms with Crippen LogP contribution in [-0.2, 0) is 21.6 Å². The molecule has 16 heteroatoms. The maximum absolute atomic E-state index is 16.2. The minimum atomic E-state index is -2.04. The molecule has 0 unspecified atom stereocenters. The molecule has 0 radical (unpaired) electrons. The third kappa shape index (κ3) is 6.36. The highest BCUT2D eigenvalue weighted by Gasteiger charge is 2.71. The van der Waals surface area contributed by atoms with E-state index in [1.54, 1.807) is 31.2 Å². The highest BCUT2D eigenvalue weighted by atomic mass is 35.5. The van der Waals surface area contributed by atoms with Crippen molar-refractivity contribution in [3.8, 4) is 5.75 Å². The number of nitrogens with one attached hydrogen (secondary N) is 1. The lowest BCUT2D eigenvalue weighted by molar-refractivity contribution is -0.528. The Hall–Kier alpha value is -5.44. The number of methoxy groups -OCH3 is 1. The zero-order valence-corrected chi connectivity index (χ0v) is 29.9. The fourth-order valence-corrected chi connectivity index (χ4v) is 8.04. The van der Waals surface area contributed by atoms with Crippen LogP contribution in [0.2, 0.25) is 10.0 Å². The number of carbonyl (C=O) groups excluding carboxylic acids is 3. The molecule has 0 aromatic heterocycles. The molecule has 1 N–H and O–H groups in total. The number of nitrogens with zero attached hydrogens (tertiary/aromatic N) is 3. The molecule has 13 nitrogen and oxygen atoms in total. The fraction of sp³-hybridized carbons (Fsp3) is 0.270. The number of likely N-dealkylation sites (tertiary alicyclic amines) is 1. The van der Waals surface area contributed by atoms with Crippen molar-refractivity contribution < 1.29 is 38.1 Å². The van der Waals surface area contributed by atoms with E-state index < -0.39 is 74.5 Å². The molecule has 1 amide bonds. The molecule has 2 aliphatic heterocycles. The fourth-order valence-electron chi connectivity index (χ4n) is 7.68. The molecule has 0 saturated carbocycles. The second-order valence-electron chi connectivity index (χ2n) is 12.6. The van der Waals surface area contributed by atoms with Crippen LogP contribution in [-0.4, -0.2) is 58.2 Å². The van der Waals surface area contributed by atoms with Gasteiger partial charge in [0.2, 0.25) is 6.04 Å². The summed E-state index contributed by atoms with van der Waals surface area (Å²) in [6, 6.07) is 14.0. The van der Waals surface area contributed by atoms with Gasteiger partial charge in [0.05, 0.1) is 46.7 Å². The third-order valence-corrected chi connectivity index (χ3v) is 10.3. The van der Waals surface area contributed by atoms with E-state index in [1.165, 1.54) is 48.2 Å². The normalized spacial score (nSPS) is 20.6. The lowest BCUT2D eigenvalue weighted by Crippen LogP contribution is -2.52. The molecule has 0 aliphatic carbocycles. The van der Waals surface area contributed by atoms with Crippen molar-refractivity contribution in [1.82, 2.24) is 4.90 Å². The number of amides is 1. The summed E-state index contributed by atoms with van der Waals surface area (Å²) < 4.78 is 26.7. The van der Waals surface area contributed by atoms with Crippen LogP contribution in [0, 0.1) is 33.0 Å². The predicted octanol–water partition coefficient (Wildman–Crippen LogP) is 7.27. The summed E-state index contributed by atoms with van der Waals surface area (Å²) in [6.07, 6.45) is -0.731. The molecule has 274 valence electrons. The van der Waals surface area contributed by atoms with Gasteiger partial charge in [-0.1, -0.05) is 53.5 Å². The zero-order chi connectivity index (χ0) is 38.4. The molecule has 53 heavy (non-hydrogen) atoms. The van der Waals surface area contributed by atoms with Crippen molar-refractivity contribution in [2.45, 2.75) is 50.4 Å². The Bertz CT molecular complexity index is 2200. The Balaban J connectivity index is 1.63. The van der Waals surface area contributed by atoms with Crippen molar-refractivity contribution in [2.75, 3.05) is 19.0 Å². The number of nitro benzene ring substituents is 1. The van der Waals surface area contributed by atoms with Crippen LogP contribution < -0.4 is 10.1 Å². The first-order chi connectivity index (χ1) is 25.2. The SMILES string of the molecule is CCOc1cccc(CN2[C@@H](CC(=O)c3cc(C)c(C(=O)OC)cc3[N+](=O)[O-])[C@@H]([N+](=O)[O-])[C@H](c3cccc(Cl)c3F)[C@]23C(=O)Nc2cc(Cl)ccc23)c1. The van der Waals surface area contributed by atoms with E-state index in [0.29, 0.717) is 17.9 Å². The van der Waals surface area contributed by atoms with Gasteiger partial charge in [0, 0.05) is 45.8 Å². The van der Waals surface area contributed by atoms with Crippen molar-refractivity contribution in [3.05, 3.63) is 142 Å². The van der Waals surface area contributed by atoms with E-state index in [0.717, 1.165) is 19.2 Å². The number of hydrogen-bond donors (Lipinski definition) is 1. The van der Waals surface area contributed by atoms with Gasteiger partial charge in [0.25, 0.3) is 11.6 Å². The first kappa shape index (κ1) is 37.3. The molecule has 1 fully saturated rings. The monoisotopic (exact) mass is 764 g/mol. The number of halogens is 3. The number of fused-ring (bicyclic) bond motifs is 2. The summed E-state index contributed by atoms with van der Waals surface area (Å²) in [6.45, 7) is 3.38. The van der Waals surface area contributed by atoms with Crippen molar-refractivity contribution in [3.63, 3.8) is 0 Å². The van der Waals surface area contributed by atoms with E-state index in [1.807, 2.05) is 0 Å². The van der Waals surface area contributed by atoms with E-state index in [2.05, 4.69) is 5.32 Å². The predicted molar refractivity (Wildman–Crippen MR) is 192 cm³/mol. The van der Waals surface area contributed by atoms with Gasteiger partial charge < -0.3 is 14.8 Å². The van der Waals surface area contributed by atoms with E-state index >= 15 is 4.39 Å². The van der Waals surface area contributed by atoms with Crippen LogP contribution >= 0.6 is 23.2 Å². The summed E-state index contributed by atoms with van der Waals surface area (Å²) in [4.78, 5) is 67.1. The summed E-state index contributed by atoms with van der Waals surface area (Å²) in [5.41, 5.74) is -2.40. The number of benzene rings is 4. The van der Waals surface area contributed by atoms with E-state index in [4.69, 9.17) is 32.7 Å². The quantitative estimate of drug-likeness (QED) is 0.0709. The Morgan fingerprint density at radius 3 is 2.43 bits per heavy atom. The van der Waals surface area contributed by atoms with Gasteiger partial charge in [-0.15, -0.1) is 0 Å². The highest BCUT2D eigenvalue weighted by molar-refractivity contribution is 6.31. The van der Waals surface area contributed by atoms with Gasteiger partial charge in [-0.2, -0.15) is 0 Å². The van der Waals surface area contributed by atoms with Crippen LogP contribution in [0.4, 0.5) is 15.8 Å². The number of aryl methyl sites for hydroxylation is 1. The maximum atomic E-state index is 16.2. The van der Waals surface area contributed by atoms with Crippen LogP contribution in [0.1, 0.15) is 62.2 Å². The second kappa shape index (κ2) is 14.5. The van der Waals surface area contributed by atoms with Crippen LogP contribution in [0.5, 0.6) is 5.75 Å². The number of nitro groups is 2. The van der Waals surface area contributed by atoms with E-state index in [9.17, 15) is 34.6 Å². The number of anilines is 1. The Kier molecular flexibility index (Phi) is 10.2. The molecule has 4 aromatic rings. The number of rotatable bonds is 11. The lowest BCUT2D eigenvalue weighted by Gasteiger charge is -2.38. The minimum Gasteiger partial charge on any atom is -0.494 e. The first-order valence-corrected chi connectivity index (χ1v) is 17.1. The Morgan fingerprint density at radius 2 is 1.75 bits per heavy atom. The minimum absolute atomic E-state index is 0.149. The molecule has 4 atom stereocenters. The standard InChI is InChI=1S/C37H31Cl2FN4O9/c1-4-53-22-8-5-7-20(14-22)18-42-30(17-31(45)25-13-19(2)24(35(46)52-3)16-29(25)43(48)49)34(44(50)51)32(23-9-6-10-27(39)33(23)40)37(42)26-12-11-21(38)15-28(26)41-36(37)47/h5-16,30,32,34H,4,17-18H2,1-3H3,(H,41,47)/t30-,32-,34+,37+/m0/s1. The van der Waals surface area contributed by atoms with Gasteiger partial charge in [-0.25, -0.2) is 9.18 Å². The molecule has 4 aromatic carbocycles. The first-order valence-electron chi connectivity index (χ1n) is 16.3. The van der Waals surface area contributed by atoms with Gasteiger partial charge in [0.1, 0.15) is 17.1 Å². The molecule has 2 heterocycles. The molecule has 1 saturated heterocycles. The summed E-state index contributed by atoms with van der Waals surface area (Å²) >= 11 is 12.6. The van der Waals surface area contributed by atoms with Crippen LogP contribution in [0.3, 0.4) is 0 Å². The summed E-state index contributed by atoms with van der Waals surface area (Å²) in [5, 5.41) is 28.4. The smallest absolute Gasteiger partial charge is 0.338 e. The van der Waals surface area contributed by atoms with Gasteiger partial charge >= 0.3 is 5.97 Å². The van der Waals surface area contributed by atoms with Crippen LogP contribution in [0.25, 0.3) is 0 Å². The average molecular weight is 766 g/mol.